The number of benzene rings is 1. The fraction of sp³-hybridized carbons (Fsp3) is 0.684. The molecule has 3 rings (SSSR count). The molecular weight excluding hydrogens is 250 g/mol. The minimum absolute atomic E-state index is 0.407. The lowest BCUT2D eigenvalue weighted by molar-refractivity contribution is 0.272. The third kappa shape index (κ3) is 2.96. The smallest absolute Gasteiger partial charge is 0.0669 e. The van der Waals surface area contributed by atoms with Gasteiger partial charge in [-0.15, -0.1) is 0 Å². The van der Waals surface area contributed by atoms with Gasteiger partial charge in [-0.25, -0.2) is 0 Å². The molecule has 0 saturated heterocycles. The van der Waals surface area contributed by atoms with Crippen LogP contribution in [0, 0.1) is 0 Å². The van der Waals surface area contributed by atoms with Crippen molar-refractivity contribution in [2.24, 2.45) is 0 Å². The Kier molecular flexibility index (Phi) is 3.79. The van der Waals surface area contributed by atoms with Crippen molar-refractivity contribution in [2.45, 2.75) is 81.3 Å². The van der Waals surface area contributed by atoms with Crippen molar-refractivity contribution in [1.82, 2.24) is 0 Å². The van der Waals surface area contributed by atoms with E-state index in [1.54, 1.807) is 11.1 Å². The van der Waals surface area contributed by atoms with Crippen molar-refractivity contribution in [1.29, 1.82) is 0 Å². The van der Waals surface area contributed by atoms with Gasteiger partial charge in [-0.2, -0.15) is 0 Å². The molecule has 0 spiro atoms. The highest BCUT2D eigenvalue weighted by Gasteiger charge is 2.36. The highest BCUT2D eigenvalue weighted by molar-refractivity contribution is 6.16. The second kappa shape index (κ2) is 5.21. The molecule has 1 aromatic carbocycles. The van der Waals surface area contributed by atoms with E-state index in [1.165, 1.54) is 51.4 Å². The topological polar surface area (TPSA) is 0 Å². The van der Waals surface area contributed by atoms with E-state index in [4.69, 9.17) is 0 Å². The molecule has 0 N–H and O–H groups in total. The highest BCUT2D eigenvalue weighted by atomic mass is 14.4. The molecule has 2 fully saturated rings. The third-order valence-corrected chi connectivity index (χ3v) is 6.69. The Bertz CT molecular complexity index is 485. The molecule has 2 aliphatic carbocycles. The molecule has 2 heteroatoms. The standard InChI is InChI=1S/C19H30B2/c1-17(11-13-18(2,20)14-12-17)15-5-7-16(8-6-15)19(21)9-3-4-10-19/h5-8H,3-4,9-14,20-21H2,1-2H3. The van der Waals surface area contributed by atoms with E-state index < -0.39 is 0 Å². The molecule has 2 aliphatic rings. The maximum atomic E-state index is 2.48. The number of hydrogen-bond donors (Lipinski definition) is 0. The molecule has 0 radical (unpaired) electrons. The molecular formula is C19H30B2. The lowest BCUT2D eigenvalue weighted by Gasteiger charge is -2.42. The summed E-state index contributed by atoms with van der Waals surface area (Å²) in [5.74, 6) is 0. The Balaban J connectivity index is 1.78. The summed E-state index contributed by atoms with van der Waals surface area (Å²) < 4.78 is 0. The molecule has 0 amide bonds. The van der Waals surface area contributed by atoms with Crippen LogP contribution in [0.1, 0.15) is 76.3 Å². The van der Waals surface area contributed by atoms with E-state index in [0.29, 0.717) is 16.0 Å². The molecule has 0 aromatic heterocycles. The zero-order valence-electron chi connectivity index (χ0n) is 14.5. The largest absolute Gasteiger partial charge is 0.115 e. The predicted molar refractivity (Wildman–Crippen MR) is 97.9 cm³/mol. The average molecular weight is 280 g/mol. The second-order valence-electron chi connectivity index (χ2n) is 9.07. The normalized spacial score (nSPS) is 35.7. The van der Waals surface area contributed by atoms with Crippen LogP contribution < -0.4 is 0 Å². The maximum Gasteiger partial charge on any atom is 0.115 e. The summed E-state index contributed by atoms with van der Waals surface area (Å²) >= 11 is 0. The van der Waals surface area contributed by atoms with Gasteiger partial charge in [0.25, 0.3) is 0 Å². The van der Waals surface area contributed by atoms with Crippen LogP contribution in [0.25, 0.3) is 0 Å². The monoisotopic (exact) mass is 280 g/mol. The first-order valence-corrected chi connectivity index (χ1v) is 8.94. The van der Waals surface area contributed by atoms with Crippen LogP contribution in [-0.4, -0.2) is 15.7 Å². The summed E-state index contributed by atoms with van der Waals surface area (Å²) in [5, 5.41) is 1.00. The van der Waals surface area contributed by atoms with Crippen LogP contribution in [0.5, 0.6) is 0 Å². The van der Waals surface area contributed by atoms with E-state index in [0.717, 1.165) is 0 Å². The summed E-state index contributed by atoms with van der Waals surface area (Å²) in [4.78, 5) is 0. The fourth-order valence-electron chi connectivity index (χ4n) is 4.49. The van der Waals surface area contributed by atoms with Gasteiger partial charge >= 0.3 is 0 Å². The highest BCUT2D eigenvalue weighted by Crippen LogP contribution is 2.49. The molecule has 2 saturated carbocycles. The molecule has 0 bridgehead atoms. The number of hydrogen-bond acceptors (Lipinski definition) is 0. The van der Waals surface area contributed by atoms with Gasteiger partial charge in [-0.1, -0.05) is 82.0 Å². The molecule has 0 aliphatic heterocycles. The predicted octanol–water partition coefficient (Wildman–Crippen LogP) is 3.73. The Morgan fingerprint density at radius 3 is 1.71 bits per heavy atom. The third-order valence-electron chi connectivity index (χ3n) is 6.69. The molecule has 21 heavy (non-hydrogen) atoms. The Morgan fingerprint density at radius 1 is 0.714 bits per heavy atom. The molecule has 0 atom stereocenters. The summed E-state index contributed by atoms with van der Waals surface area (Å²) in [6.45, 7) is 4.91. The fourth-order valence-corrected chi connectivity index (χ4v) is 4.49. The van der Waals surface area contributed by atoms with E-state index in [-0.39, 0.29) is 0 Å². The van der Waals surface area contributed by atoms with Crippen molar-refractivity contribution in [3.8, 4) is 0 Å². The summed E-state index contributed by atoms with van der Waals surface area (Å²) in [5.41, 5.74) is 3.55. The van der Waals surface area contributed by atoms with Crippen molar-refractivity contribution >= 4 is 15.7 Å². The first-order chi connectivity index (χ1) is 9.83. The van der Waals surface area contributed by atoms with Crippen LogP contribution in [0.4, 0.5) is 0 Å². The minimum Gasteiger partial charge on any atom is -0.0669 e. The molecule has 0 heterocycles. The van der Waals surface area contributed by atoms with Gasteiger partial charge in [0.15, 0.2) is 0 Å². The lowest BCUT2D eigenvalue weighted by atomic mass is 9.55. The van der Waals surface area contributed by atoms with Gasteiger partial charge in [0.2, 0.25) is 0 Å². The second-order valence-corrected chi connectivity index (χ2v) is 9.07. The van der Waals surface area contributed by atoms with Crippen molar-refractivity contribution < 1.29 is 0 Å². The first kappa shape index (κ1) is 15.3. The average Bonchev–Trinajstić information content (AvgIpc) is 2.91. The van der Waals surface area contributed by atoms with Crippen molar-refractivity contribution in [2.75, 3.05) is 0 Å². The minimum atomic E-state index is 0.407. The first-order valence-electron chi connectivity index (χ1n) is 8.94. The van der Waals surface area contributed by atoms with Crippen molar-refractivity contribution in [3.05, 3.63) is 35.4 Å². The molecule has 1 aromatic rings. The van der Waals surface area contributed by atoms with Crippen LogP contribution in [0.15, 0.2) is 24.3 Å². The van der Waals surface area contributed by atoms with Crippen LogP contribution in [-0.2, 0) is 10.7 Å². The van der Waals surface area contributed by atoms with Gasteiger partial charge < -0.3 is 0 Å². The Labute approximate surface area is 132 Å². The van der Waals surface area contributed by atoms with Gasteiger partial charge in [0.05, 0.1) is 0 Å². The summed E-state index contributed by atoms with van der Waals surface area (Å²) in [7, 11) is 4.89. The lowest BCUT2D eigenvalue weighted by Crippen LogP contribution is -2.31. The Morgan fingerprint density at radius 2 is 1.19 bits per heavy atom. The molecule has 112 valence electrons. The van der Waals surface area contributed by atoms with Gasteiger partial charge in [-0.05, 0) is 34.7 Å². The Hall–Kier alpha value is -0.650. The SMILES string of the molecule is BC1(C)CCC(C)(c2ccc(C3(B)CCCC3)cc2)CC1. The van der Waals surface area contributed by atoms with E-state index in [9.17, 15) is 0 Å². The van der Waals surface area contributed by atoms with Crippen LogP contribution >= 0.6 is 0 Å². The molecule has 0 nitrogen and oxygen atoms in total. The summed E-state index contributed by atoms with van der Waals surface area (Å²) in [6, 6.07) is 9.76. The zero-order valence-corrected chi connectivity index (χ0v) is 14.5. The van der Waals surface area contributed by atoms with E-state index in [2.05, 4.69) is 53.8 Å². The number of rotatable bonds is 2. The van der Waals surface area contributed by atoms with Gasteiger partial charge in [0.1, 0.15) is 15.7 Å². The zero-order chi connectivity index (χ0) is 15.1. The summed E-state index contributed by atoms with van der Waals surface area (Å²) in [6.07, 6.45) is 11.0. The van der Waals surface area contributed by atoms with Crippen LogP contribution in [0.3, 0.4) is 0 Å². The maximum absolute atomic E-state index is 2.48. The van der Waals surface area contributed by atoms with Gasteiger partial charge in [-0.3, -0.25) is 0 Å². The van der Waals surface area contributed by atoms with Crippen molar-refractivity contribution in [3.63, 3.8) is 0 Å². The van der Waals surface area contributed by atoms with Gasteiger partial charge in [0, 0.05) is 0 Å². The quantitative estimate of drug-likeness (QED) is 0.724. The van der Waals surface area contributed by atoms with Crippen LogP contribution in [0.2, 0.25) is 5.31 Å². The molecule has 0 unspecified atom stereocenters. The van der Waals surface area contributed by atoms with E-state index in [1.807, 2.05) is 0 Å². The van der Waals surface area contributed by atoms with E-state index >= 15 is 0 Å².